The van der Waals surface area contributed by atoms with Crippen molar-refractivity contribution in [2.45, 2.75) is 38.6 Å². The average Bonchev–Trinajstić information content (AvgIpc) is 2.05. The second kappa shape index (κ2) is 6.22. The van der Waals surface area contributed by atoms with Gasteiger partial charge in [0.05, 0.1) is 12.5 Å². The molecule has 0 unspecified atom stereocenters. The van der Waals surface area contributed by atoms with Crippen LogP contribution in [0.2, 0.25) is 0 Å². The number of ether oxygens (including phenoxy) is 1. The molecule has 0 heterocycles. The average molecular weight is 208 g/mol. The summed E-state index contributed by atoms with van der Waals surface area (Å²) in [5.41, 5.74) is 5.75. The van der Waals surface area contributed by atoms with Crippen molar-refractivity contribution in [2.24, 2.45) is 11.7 Å². The number of hydrogen-bond donors (Lipinski definition) is 1. The lowest BCUT2D eigenvalue weighted by Crippen LogP contribution is -2.32. The van der Waals surface area contributed by atoms with Crippen molar-refractivity contribution in [3.8, 4) is 0 Å². The molecule has 0 spiro atoms. The van der Waals surface area contributed by atoms with Crippen LogP contribution < -0.4 is 5.73 Å². The lowest BCUT2D eigenvalue weighted by molar-refractivity contribution is -0.149. The Labute approximate surface area is 85.4 Å². The lowest BCUT2D eigenvalue weighted by atomic mass is 9.86. The van der Waals surface area contributed by atoms with Crippen molar-refractivity contribution in [2.75, 3.05) is 6.61 Å². The summed E-state index contributed by atoms with van der Waals surface area (Å²) in [5, 5.41) is 0. The normalized spacial score (nSPS) is 27.5. The number of rotatable bonds is 2. The third-order valence-electron chi connectivity index (χ3n) is 2.33. The Hall–Kier alpha value is -0.280. The molecule has 13 heavy (non-hydrogen) atoms. The van der Waals surface area contributed by atoms with Gasteiger partial charge in [-0.05, 0) is 26.2 Å². The molecule has 0 aromatic heterocycles. The van der Waals surface area contributed by atoms with E-state index in [1.165, 1.54) is 0 Å². The van der Waals surface area contributed by atoms with Gasteiger partial charge in [-0.25, -0.2) is 0 Å². The van der Waals surface area contributed by atoms with E-state index in [4.69, 9.17) is 10.5 Å². The molecule has 0 aromatic carbocycles. The highest BCUT2D eigenvalue weighted by Gasteiger charge is 2.25. The molecule has 2 N–H and O–H groups in total. The molecule has 3 nitrogen and oxygen atoms in total. The van der Waals surface area contributed by atoms with E-state index in [1.54, 1.807) is 0 Å². The fourth-order valence-corrected chi connectivity index (χ4v) is 1.70. The Morgan fingerprint density at radius 3 is 2.77 bits per heavy atom. The van der Waals surface area contributed by atoms with E-state index in [9.17, 15) is 4.79 Å². The Balaban J connectivity index is 0.00000144. The van der Waals surface area contributed by atoms with Gasteiger partial charge in [-0.15, -0.1) is 12.4 Å². The first-order chi connectivity index (χ1) is 5.74. The molecule has 1 aliphatic rings. The van der Waals surface area contributed by atoms with Gasteiger partial charge < -0.3 is 10.5 Å². The maximum atomic E-state index is 11.3. The summed E-state index contributed by atoms with van der Waals surface area (Å²) in [6.45, 7) is 2.31. The monoisotopic (exact) mass is 207 g/mol. The van der Waals surface area contributed by atoms with E-state index in [1.807, 2.05) is 6.92 Å². The molecular formula is C9H18ClNO2. The van der Waals surface area contributed by atoms with E-state index in [0.29, 0.717) is 6.61 Å². The molecule has 0 radical (unpaired) electrons. The number of carbonyl (C=O) groups is 1. The van der Waals surface area contributed by atoms with Crippen molar-refractivity contribution >= 4 is 18.4 Å². The predicted molar refractivity (Wildman–Crippen MR) is 53.8 cm³/mol. The molecular weight excluding hydrogens is 190 g/mol. The summed E-state index contributed by atoms with van der Waals surface area (Å²) in [4.78, 5) is 11.3. The van der Waals surface area contributed by atoms with E-state index in [0.717, 1.165) is 25.7 Å². The minimum Gasteiger partial charge on any atom is -0.466 e. The Morgan fingerprint density at radius 2 is 2.23 bits per heavy atom. The first-order valence-electron chi connectivity index (χ1n) is 4.66. The molecule has 0 bridgehead atoms. The third-order valence-corrected chi connectivity index (χ3v) is 2.33. The Bertz CT molecular complexity index is 164. The number of carbonyl (C=O) groups excluding carboxylic acids is 1. The number of nitrogens with two attached hydrogens (primary N) is 1. The Morgan fingerprint density at radius 1 is 1.54 bits per heavy atom. The second-order valence-electron chi connectivity index (χ2n) is 3.38. The highest BCUT2D eigenvalue weighted by atomic mass is 35.5. The summed E-state index contributed by atoms with van der Waals surface area (Å²) in [6, 6.07) is 0.202. The van der Waals surface area contributed by atoms with Gasteiger partial charge in [0.25, 0.3) is 0 Å². The largest absolute Gasteiger partial charge is 0.466 e. The molecule has 4 heteroatoms. The molecule has 0 aliphatic heterocycles. The zero-order chi connectivity index (χ0) is 8.97. The van der Waals surface area contributed by atoms with Gasteiger partial charge in [0, 0.05) is 6.04 Å². The lowest BCUT2D eigenvalue weighted by Gasteiger charge is -2.24. The van der Waals surface area contributed by atoms with Crippen LogP contribution in [0.15, 0.2) is 0 Å². The highest BCUT2D eigenvalue weighted by molar-refractivity contribution is 5.85. The SMILES string of the molecule is CCOC(=O)[C@@H]1CCC[C@@H](N)C1.Cl. The molecule has 1 fully saturated rings. The molecule has 1 saturated carbocycles. The van der Waals surface area contributed by atoms with Gasteiger partial charge in [0.2, 0.25) is 0 Å². The van der Waals surface area contributed by atoms with Gasteiger partial charge in [-0.3, -0.25) is 4.79 Å². The number of halogens is 1. The van der Waals surface area contributed by atoms with Gasteiger partial charge in [0.15, 0.2) is 0 Å². The van der Waals surface area contributed by atoms with E-state index in [-0.39, 0.29) is 30.3 Å². The summed E-state index contributed by atoms with van der Waals surface area (Å²) in [6.07, 6.45) is 3.87. The van der Waals surface area contributed by atoms with Crippen LogP contribution in [0.3, 0.4) is 0 Å². The van der Waals surface area contributed by atoms with Gasteiger partial charge in [-0.1, -0.05) is 6.42 Å². The van der Waals surface area contributed by atoms with Crippen LogP contribution in [-0.4, -0.2) is 18.6 Å². The second-order valence-corrected chi connectivity index (χ2v) is 3.38. The topological polar surface area (TPSA) is 52.3 Å². The quantitative estimate of drug-likeness (QED) is 0.699. The van der Waals surface area contributed by atoms with Gasteiger partial charge >= 0.3 is 5.97 Å². The molecule has 0 saturated heterocycles. The van der Waals surface area contributed by atoms with E-state index < -0.39 is 0 Å². The maximum Gasteiger partial charge on any atom is 0.308 e. The maximum absolute atomic E-state index is 11.3. The predicted octanol–water partition coefficient (Wildman–Crippen LogP) is 1.49. The molecule has 1 aliphatic carbocycles. The fraction of sp³-hybridized carbons (Fsp3) is 0.889. The van der Waals surface area contributed by atoms with Crippen LogP contribution in [0.1, 0.15) is 32.6 Å². The molecule has 2 atom stereocenters. The Kier molecular flexibility index (Phi) is 6.08. The molecule has 0 amide bonds. The van der Waals surface area contributed by atoms with Crippen LogP contribution >= 0.6 is 12.4 Å². The van der Waals surface area contributed by atoms with Crippen LogP contribution in [0.5, 0.6) is 0 Å². The summed E-state index contributed by atoms with van der Waals surface area (Å²) in [7, 11) is 0. The zero-order valence-corrected chi connectivity index (χ0v) is 8.81. The van der Waals surface area contributed by atoms with Gasteiger partial charge in [0.1, 0.15) is 0 Å². The summed E-state index contributed by atoms with van der Waals surface area (Å²) >= 11 is 0. The molecule has 0 aromatic rings. The zero-order valence-electron chi connectivity index (χ0n) is 7.99. The van der Waals surface area contributed by atoms with Gasteiger partial charge in [-0.2, -0.15) is 0 Å². The molecule has 1 rings (SSSR count). The van der Waals surface area contributed by atoms with Crippen molar-refractivity contribution in [1.82, 2.24) is 0 Å². The standard InChI is InChI=1S/C9H17NO2.ClH/c1-2-12-9(11)7-4-3-5-8(10)6-7;/h7-8H,2-6,10H2,1H3;1H/t7-,8-;/m1./s1. The van der Waals surface area contributed by atoms with Crippen molar-refractivity contribution in [3.63, 3.8) is 0 Å². The summed E-state index contributed by atoms with van der Waals surface area (Å²) in [5.74, 6) is 0.00125. The van der Waals surface area contributed by atoms with E-state index in [2.05, 4.69) is 0 Å². The van der Waals surface area contributed by atoms with Crippen molar-refractivity contribution in [1.29, 1.82) is 0 Å². The third kappa shape index (κ3) is 3.96. The highest BCUT2D eigenvalue weighted by Crippen LogP contribution is 2.23. The first-order valence-corrected chi connectivity index (χ1v) is 4.66. The van der Waals surface area contributed by atoms with E-state index >= 15 is 0 Å². The smallest absolute Gasteiger partial charge is 0.308 e. The van der Waals surface area contributed by atoms with Crippen LogP contribution in [0.25, 0.3) is 0 Å². The van der Waals surface area contributed by atoms with Crippen LogP contribution in [-0.2, 0) is 9.53 Å². The number of hydrogen-bond acceptors (Lipinski definition) is 3. The van der Waals surface area contributed by atoms with Crippen LogP contribution in [0.4, 0.5) is 0 Å². The minimum absolute atomic E-state index is 0. The fourth-order valence-electron chi connectivity index (χ4n) is 1.70. The summed E-state index contributed by atoms with van der Waals surface area (Å²) < 4.78 is 4.94. The van der Waals surface area contributed by atoms with Crippen molar-refractivity contribution in [3.05, 3.63) is 0 Å². The van der Waals surface area contributed by atoms with Crippen molar-refractivity contribution < 1.29 is 9.53 Å². The molecule has 78 valence electrons. The minimum atomic E-state index is -0.0624. The van der Waals surface area contributed by atoms with Crippen LogP contribution in [0, 0.1) is 5.92 Å². The number of esters is 1. The first kappa shape index (κ1) is 12.7.